The highest BCUT2D eigenvalue weighted by atomic mass is 16.4. The van der Waals surface area contributed by atoms with Crippen LogP contribution < -0.4 is 5.32 Å². The van der Waals surface area contributed by atoms with Crippen molar-refractivity contribution in [3.63, 3.8) is 0 Å². The predicted octanol–water partition coefficient (Wildman–Crippen LogP) is 3.41. The number of furan rings is 1. The van der Waals surface area contributed by atoms with Gasteiger partial charge in [0.2, 0.25) is 11.7 Å². The molecule has 2 aromatic carbocycles. The Balaban J connectivity index is 1.56. The summed E-state index contributed by atoms with van der Waals surface area (Å²) in [5, 5.41) is 12.5. The molecule has 4 rings (SSSR count). The standard InChI is InChI=1S/C18H13NO4/c20-17(14-8-10-3-1-2-4-13(10)14)19-12-5-6-15-11(7-12)9-16(23-15)18(21)22/h1-7,9,14H,8H2,(H,19,20)(H,21,22). The number of hydrogen-bond acceptors (Lipinski definition) is 3. The number of carboxylic acids is 1. The van der Waals surface area contributed by atoms with Gasteiger partial charge in [-0.2, -0.15) is 0 Å². The predicted molar refractivity (Wildman–Crippen MR) is 84.7 cm³/mol. The third kappa shape index (κ3) is 2.26. The van der Waals surface area contributed by atoms with Crippen molar-refractivity contribution in [1.29, 1.82) is 0 Å². The fraction of sp³-hybridized carbons (Fsp3) is 0.111. The molecule has 1 heterocycles. The van der Waals surface area contributed by atoms with Gasteiger partial charge in [-0.3, -0.25) is 4.79 Å². The van der Waals surface area contributed by atoms with Crippen LogP contribution in [0.5, 0.6) is 0 Å². The van der Waals surface area contributed by atoms with Gasteiger partial charge in [-0.25, -0.2) is 4.79 Å². The van der Waals surface area contributed by atoms with Crippen LogP contribution in [0.3, 0.4) is 0 Å². The van der Waals surface area contributed by atoms with E-state index in [9.17, 15) is 9.59 Å². The smallest absolute Gasteiger partial charge is 0.371 e. The van der Waals surface area contributed by atoms with E-state index in [1.165, 1.54) is 11.6 Å². The number of benzene rings is 2. The van der Waals surface area contributed by atoms with Crippen LogP contribution in [0, 0.1) is 0 Å². The van der Waals surface area contributed by atoms with E-state index in [1.807, 2.05) is 24.3 Å². The maximum absolute atomic E-state index is 12.4. The summed E-state index contributed by atoms with van der Waals surface area (Å²) in [6, 6.07) is 14.4. The number of anilines is 1. The van der Waals surface area contributed by atoms with Crippen molar-refractivity contribution < 1.29 is 19.1 Å². The van der Waals surface area contributed by atoms with Crippen molar-refractivity contribution in [2.45, 2.75) is 12.3 Å². The topological polar surface area (TPSA) is 79.5 Å². The van der Waals surface area contributed by atoms with Crippen LogP contribution in [-0.2, 0) is 11.2 Å². The van der Waals surface area contributed by atoms with Crippen molar-refractivity contribution in [1.82, 2.24) is 0 Å². The molecule has 114 valence electrons. The third-order valence-corrected chi connectivity index (χ3v) is 4.17. The molecule has 0 fully saturated rings. The van der Waals surface area contributed by atoms with Crippen molar-refractivity contribution in [3.05, 3.63) is 65.4 Å². The first kappa shape index (κ1) is 13.6. The zero-order valence-corrected chi connectivity index (χ0v) is 12.1. The number of amides is 1. The quantitative estimate of drug-likeness (QED) is 0.777. The normalized spacial score (nSPS) is 15.7. The van der Waals surface area contributed by atoms with E-state index < -0.39 is 5.97 Å². The Labute approximate surface area is 131 Å². The van der Waals surface area contributed by atoms with Crippen LogP contribution in [0.4, 0.5) is 5.69 Å². The van der Waals surface area contributed by atoms with E-state index in [4.69, 9.17) is 9.52 Å². The second-order valence-electron chi connectivity index (χ2n) is 5.61. The van der Waals surface area contributed by atoms with Gasteiger partial charge in [0.15, 0.2) is 0 Å². The largest absolute Gasteiger partial charge is 0.475 e. The SMILES string of the molecule is O=C(O)c1cc2cc(NC(=O)C3Cc4ccccc43)ccc2o1. The van der Waals surface area contributed by atoms with Crippen LogP contribution in [-0.4, -0.2) is 17.0 Å². The Bertz CT molecular complexity index is 941. The van der Waals surface area contributed by atoms with E-state index in [0.29, 0.717) is 16.7 Å². The van der Waals surface area contributed by atoms with Crippen molar-refractivity contribution in [2.24, 2.45) is 0 Å². The monoisotopic (exact) mass is 307 g/mol. The summed E-state index contributed by atoms with van der Waals surface area (Å²) < 4.78 is 5.20. The lowest BCUT2D eigenvalue weighted by Crippen LogP contribution is -2.30. The average molecular weight is 307 g/mol. The first-order chi connectivity index (χ1) is 11.1. The van der Waals surface area contributed by atoms with Gasteiger partial charge in [-0.05, 0) is 41.8 Å². The van der Waals surface area contributed by atoms with Crippen molar-refractivity contribution in [2.75, 3.05) is 5.32 Å². The van der Waals surface area contributed by atoms with Gasteiger partial charge in [-0.1, -0.05) is 24.3 Å². The molecule has 1 amide bonds. The van der Waals surface area contributed by atoms with Crippen LogP contribution in [0.1, 0.15) is 27.6 Å². The van der Waals surface area contributed by atoms with Crippen molar-refractivity contribution in [3.8, 4) is 0 Å². The zero-order chi connectivity index (χ0) is 16.0. The Hall–Kier alpha value is -3.08. The van der Waals surface area contributed by atoms with E-state index in [2.05, 4.69) is 5.32 Å². The molecule has 1 aliphatic carbocycles. The minimum atomic E-state index is -1.11. The van der Waals surface area contributed by atoms with E-state index in [0.717, 1.165) is 12.0 Å². The Kier molecular flexibility index (Phi) is 2.94. The molecule has 0 saturated heterocycles. The molecule has 23 heavy (non-hydrogen) atoms. The molecule has 3 aromatic rings. The van der Waals surface area contributed by atoms with E-state index >= 15 is 0 Å². The van der Waals surface area contributed by atoms with Crippen LogP contribution >= 0.6 is 0 Å². The fourth-order valence-electron chi connectivity index (χ4n) is 2.95. The van der Waals surface area contributed by atoms with Crippen LogP contribution in [0.15, 0.2) is 52.9 Å². The number of carbonyl (C=O) groups excluding carboxylic acids is 1. The fourth-order valence-corrected chi connectivity index (χ4v) is 2.95. The zero-order valence-electron chi connectivity index (χ0n) is 12.1. The van der Waals surface area contributed by atoms with E-state index in [-0.39, 0.29) is 17.6 Å². The third-order valence-electron chi connectivity index (χ3n) is 4.17. The minimum Gasteiger partial charge on any atom is -0.475 e. The number of rotatable bonds is 3. The molecular weight excluding hydrogens is 294 g/mol. The van der Waals surface area contributed by atoms with Gasteiger partial charge in [0, 0.05) is 11.1 Å². The minimum absolute atomic E-state index is 0.0509. The molecule has 2 N–H and O–H groups in total. The summed E-state index contributed by atoms with van der Waals surface area (Å²) in [7, 11) is 0. The Morgan fingerprint density at radius 3 is 2.74 bits per heavy atom. The second-order valence-corrected chi connectivity index (χ2v) is 5.61. The Morgan fingerprint density at radius 2 is 1.96 bits per heavy atom. The lowest BCUT2D eigenvalue weighted by atomic mass is 9.77. The molecule has 0 spiro atoms. The number of nitrogens with one attached hydrogen (secondary N) is 1. The van der Waals surface area contributed by atoms with Crippen LogP contribution in [0.25, 0.3) is 11.0 Å². The molecule has 5 nitrogen and oxygen atoms in total. The van der Waals surface area contributed by atoms with Crippen molar-refractivity contribution >= 4 is 28.5 Å². The summed E-state index contributed by atoms with van der Waals surface area (Å²) in [4.78, 5) is 23.3. The molecule has 1 aliphatic rings. The molecule has 1 unspecified atom stereocenters. The highest BCUT2D eigenvalue weighted by molar-refractivity contribution is 6.00. The molecule has 0 bridgehead atoms. The average Bonchev–Trinajstić information content (AvgIpc) is 2.92. The highest BCUT2D eigenvalue weighted by Gasteiger charge is 2.31. The summed E-state index contributed by atoms with van der Waals surface area (Å²) in [5.74, 6) is -1.40. The summed E-state index contributed by atoms with van der Waals surface area (Å²) >= 11 is 0. The van der Waals surface area contributed by atoms with Crippen LogP contribution in [0.2, 0.25) is 0 Å². The van der Waals surface area contributed by atoms with E-state index in [1.54, 1.807) is 18.2 Å². The van der Waals surface area contributed by atoms with Gasteiger partial charge >= 0.3 is 5.97 Å². The van der Waals surface area contributed by atoms with Gasteiger partial charge in [0.25, 0.3) is 0 Å². The molecule has 0 radical (unpaired) electrons. The molecular formula is C18H13NO4. The maximum atomic E-state index is 12.4. The molecule has 5 heteroatoms. The first-order valence-electron chi connectivity index (χ1n) is 7.27. The summed E-state index contributed by atoms with van der Waals surface area (Å²) in [5.41, 5.74) is 3.39. The van der Waals surface area contributed by atoms with Gasteiger partial charge in [-0.15, -0.1) is 0 Å². The maximum Gasteiger partial charge on any atom is 0.371 e. The lowest BCUT2D eigenvalue weighted by molar-refractivity contribution is -0.118. The number of hydrogen-bond donors (Lipinski definition) is 2. The van der Waals surface area contributed by atoms with Gasteiger partial charge in [0.1, 0.15) is 5.58 Å². The number of carboxylic acid groups (broad SMARTS) is 1. The lowest BCUT2D eigenvalue weighted by Gasteiger charge is -2.28. The first-order valence-corrected chi connectivity index (χ1v) is 7.27. The number of aromatic carboxylic acids is 1. The summed E-state index contributed by atoms with van der Waals surface area (Å²) in [6.07, 6.45) is 0.749. The Morgan fingerprint density at radius 1 is 1.13 bits per heavy atom. The highest BCUT2D eigenvalue weighted by Crippen LogP contribution is 2.35. The van der Waals surface area contributed by atoms with Gasteiger partial charge in [0.05, 0.1) is 5.92 Å². The second kappa shape index (κ2) is 4.98. The number of fused-ring (bicyclic) bond motifs is 2. The molecule has 0 aliphatic heterocycles. The molecule has 0 saturated carbocycles. The molecule has 1 aromatic heterocycles. The van der Waals surface area contributed by atoms with Gasteiger partial charge < -0.3 is 14.8 Å². The molecule has 1 atom stereocenters. The summed E-state index contributed by atoms with van der Waals surface area (Å²) in [6.45, 7) is 0. The number of carbonyl (C=O) groups is 2.